The van der Waals surface area contributed by atoms with Crippen molar-refractivity contribution in [2.24, 2.45) is 63.7 Å². The number of methoxy groups -OCH3 is 1. The minimum atomic E-state index is -0.611. The predicted octanol–water partition coefficient (Wildman–Crippen LogP) is 4.69. The topological polar surface area (TPSA) is 143 Å². The van der Waals surface area contributed by atoms with Crippen molar-refractivity contribution in [1.29, 1.82) is 0 Å². The Morgan fingerprint density at radius 3 is 2.27 bits per heavy atom. The van der Waals surface area contributed by atoms with Gasteiger partial charge in [-0.3, -0.25) is 4.79 Å². The molecule has 0 saturated heterocycles. The molecule has 0 aromatic rings. The Kier molecular flexibility index (Phi) is 14.6. The number of amides is 1. The average Bonchev–Trinajstić information content (AvgIpc) is 3.43. The maximum Gasteiger partial charge on any atom is 0.328 e. The Balaban J connectivity index is 1.29. The van der Waals surface area contributed by atoms with E-state index in [1.165, 1.54) is 52.1 Å². The number of nitrogens with two attached hydrogens (primary N) is 2. The van der Waals surface area contributed by atoms with E-state index in [0.717, 1.165) is 77.3 Å². The maximum absolute atomic E-state index is 12.9. The van der Waals surface area contributed by atoms with Gasteiger partial charge in [-0.2, -0.15) is 0 Å². The Labute approximate surface area is 292 Å². The highest BCUT2D eigenvalue weighted by Gasteiger charge is 2.63. The van der Waals surface area contributed by atoms with Crippen molar-refractivity contribution in [3.05, 3.63) is 0 Å². The number of fused-ring (bicyclic) bond motifs is 5. The van der Waals surface area contributed by atoms with Gasteiger partial charge < -0.3 is 36.8 Å². The lowest BCUT2D eigenvalue weighted by molar-refractivity contribution is -0.169. The number of nitrogens with one attached hydrogen (secondary N) is 2. The fraction of sp³-hybridized carbons (Fsp3) is 0.949. The van der Waals surface area contributed by atoms with Crippen LogP contribution in [0.2, 0.25) is 0 Å². The van der Waals surface area contributed by atoms with E-state index in [9.17, 15) is 14.7 Å². The Morgan fingerprint density at radius 2 is 1.62 bits per heavy atom. The number of hydrogen-bond acceptors (Lipinski definition) is 8. The van der Waals surface area contributed by atoms with Crippen LogP contribution in [-0.4, -0.2) is 86.4 Å². The molecule has 4 saturated carbocycles. The highest BCUT2D eigenvalue weighted by atomic mass is 16.5. The van der Waals surface area contributed by atoms with Crippen LogP contribution in [0, 0.1) is 52.3 Å². The summed E-state index contributed by atoms with van der Waals surface area (Å²) >= 11 is 0. The van der Waals surface area contributed by atoms with Crippen LogP contribution in [-0.2, 0) is 14.3 Å². The van der Waals surface area contributed by atoms with Gasteiger partial charge in [0.2, 0.25) is 5.91 Å². The van der Waals surface area contributed by atoms with E-state index >= 15 is 0 Å². The minimum absolute atomic E-state index is 0.0262. The Bertz CT molecular complexity index is 1020. The van der Waals surface area contributed by atoms with E-state index in [0.29, 0.717) is 47.5 Å². The van der Waals surface area contributed by atoms with Crippen LogP contribution in [0.25, 0.3) is 0 Å². The summed E-state index contributed by atoms with van der Waals surface area (Å²) in [6.45, 7) is 16.9. The molecular weight excluding hydrogens is 602 g/mol. The number of carbonyl (C=O) groups excluding carboxylic acids is 2. The molecular formula is C39H73N5O4. The molecule has 0 heterocycles. The first-order valence-electron chi connectivity index (χ1n) is 19.8. The zero-order valence-corrected chi connectivity index (χ0v) is 31.5. The summed E-state index contributed by atoms with van der Waals surface area (Å²) in [6, 6.07) is -0.00277. The van der Waals surface area contributed by atoms with Gasteiger partial charge in [-0.1, -0.05) is 34.6 Å². The van der Waals surface area contributed by atoms with E-state index in [1.807, 2.05) is 13.8 Å². The fourth-order valence-corrected chi connectivity index (χ4v) is 11.4. The summed E-state index contributed by atoms with van der Waals surface area (Å²) in [5, 5.41) is 18.9. The van der Waals surface area contributed by atoms with Gasteiger partial charge in [0.25, 0.3) is 0 Å². The fourth-order valence-electron chi connectivity index (χ4n) is 11.4. The number of ether oxygens (including phenoxy) is 1. The molecule has 1 amide bonds. The zero-order valence-electron chi connectivity index (χ0n) is 31.5. The summed E-state index contributed by atoms with van der Waals surface area (Å²) in [7, 11) is 1.37. The maximum atomic E-state index is 12.9. The van der Waals surface area contributed by atoms with Crippen LogP contribution in [0.15, 0.2) is 0 Å². The quantitative estimate of drug-likeness (QED) is 0.104. The molecule has 278 valence electrons. The van der Waals surface area contributed by atoms with E-state index in [4.69, 9.17) is 16.2 Å². The van der Waals surface area contributed by atoms with Crippen molar-refractivity contribution in [3.63, 3.8) is 0 Å². The zero-order chi connectivity index (χ0) is 35.1. The Hall–Kier alpha value is -1.26. The van der Waals surface area contributed by atoms with Crippen LogP contribution < -0.4 is 22.1 Å². The van der Waals surface area contributed by atoms with Gasteiger partial charge in [-0.15, -0.1) is 0 Å². The van der Waals surface area contributed by atoms with Crippen LogP contribution in [0.5, 0.6) is 0 Å². The van der Waals surface area contributed by atoms with E-state index < -0.39 is 6.04 Å². The molecule has 0 spiro atoms. The van der Waals surface area contributed by atoms with Crippen LogP contribution in [0.4, 0.5) is 0 Å². The molecule has 0 radical (unpaired) electrons. The largest absolute Gasteiger partial charge is 0.467 e. The van der Waals surface area contributed by atoms with Gasteiger partial charge in [0, 0.05) is 12.5 Å². The summed E-state index contributed by atoms with van der Waals surface area (Å²) < 4.78 is 4.91. The molecule has 4 aliphatic rings. The second-order valence-electron chi connectivity index (χ2n) is 17.2. The smallest absolute Gasteiger partial charge is 0.328 e. The molecule has 11 atom stereocenters. The third-order valence-corrected chi connectivity index (χ3v) is 14.2. The first-order chi connectivity index (χ1) is 22.9. The SMILES string of the molecule is COC(=O)[C@@H](NC(=O)CC[C@@H](C)[C@H]1CC[C@H]2[C@@H]3CC[C@@H]4C[C@@H](NCCCN(CCCN)CCCN)CC[C@]4(C)[C@H]3C[C@H](O)[C@]12C)C(C)C. The molecule has 4 fully saturated rings. The summed E-state index contributed by atoms with van der Waals surface area (Å²) in [6.07, 6.45) is 13.8. The molecule has 4 aliphatic carbocycles. The number of esters is 1. The third kappa shape index (κ3) is 8.78. The van der Waals surface area contributed by atoms with Crippen molar-refractivity contribution in [3.8, 4) is 0 Å². The van der Waals surface area contributed by atoms with Crippen molar-refractivity contribution >= 4 is 11.9 Å². The minimum Gasteiger partial charge on any atom is -0.467 e. The lowest BCUT2D eigenvalue weighted by atomic mass is 9.43. The monoisotopic (exact) mass is 676 g/mol. The van der Waals surface area contributed by atoms with Gasteiger partial charge in [0.1, 0.15) is 6.04 Å². The summed E-state index contributed by atoms with van der Waals surface area (Å²) in [5.41, 5.74) is 11.8. The van der Waals surface area contributed by atoms with E-state index in [2.05, 4.69) is 36.3 Å². The predicted molar refractivity (Wildman–Crippen MR) is 194 cm³/mol. The number of aliphatic hydroxyl groups is 1. The van der Waals surface area contributed by atoms with Crippen molar-refractivity contribution in [2.45, 2.75) is 136 Å². The van der Waals surface area contributed by atoms with Crippen molar-refractivity contribution in [1.82, 2.24) is 15.5 Å². The average molecular weight is 676 g/mol. The third-order valence-electron chi connectivity index (χ3n) is 14.2. The van der Waals surface area contributed by atoms with Gasteiger partial charge >= 0.3 is 5.97 Å². The normalized spacial score (nSPS) is 35.9. The summed E-state index contributed by atoms with van der Waals surface area (Å²) in [4.78, 5) is 27.6. The standard InChI is InChI=1S/C39H73N5O4/c1-26(2)36(37(47)48-6)43-35(46)15-10-27(3)31-13-14-32-30-12-11-28-24-29(42-20-9-23-44(21-7-18-40)22-8-19-41)16-17-38(28,4)33(30)25-34(45)39(31,32)5/h26-34,36,42,45H,7-25,40-41H2,1-6H3,(H,43,46)/t27-,28-,29+,30+,31-,32+,33+,34+,36+,38+,39-/m1/s1. The summed E-state index contributed by atoms with van der Waals surface area (Å²) in [5.74, 6) is 2.86. The number of carbonyl (C=O) groups is 2. The number of nitrogens with zero attached hydrogens (tertiary/aromatic N) is 1. The number of hydrogen-bond donors (Lipinski definition) is 5. The van der Waals surface area contributed by atoms with Crippen LogP contribution in [0.3, 0.4) is 0 Å². The van der Waals surface area contributed by atoms with Gasteiger partial charge in [0.15, 0.2) is 0 Å². The molecule has 0 aliphatic heterocycles. The molecule has 0 aromatic carbocycles. The molecule has 0 unspecified atom stereocenters. The van der Waals surface area contributed by atoms with Gasteiger partial charge in [-0.25, -0.2) is 4.79 Å². The lowest BCUT2D eigenvalue weighted by Crippen LogP contribution is -2.59. The molecule has 4 rings (SSSR count). The highest BCUT2D eigenvalue weighted by molar-refractivity contribution is 5.84. The first-order valence-corrected chi connectivity index (χ1v) is 19.8. The van der Waals surface area contributed by atoms with E-state index in [1.54, 1.807) is 0 Å². The second kappa shape index (κ2) is 17.8. The van der Waals surface area contributed by atoms with Crippen LogP contribution in [0.1, 0.15) is 118 Å². The molecule has 9 heteroatoms. The van der Waals surface area contributed by atoms with Crippen molar-refractivity contribution in [2.75, 3.05) is 46.4 Å². The van der Waals surface area contributed by atoms with E-state index in [-0.39, 0.29) is 29.3 Å². The lowest BCUT2D eigenvalue weighted by Gasteiger charge is -2.62. The molecule has 7 N–H and O–H groups in total. The number of rotatable bonds is 18. The van der Waals surface area contributed by atoms with Crippen LogP contribution >= 0.6 is 0 Å². The highest BCUT2D eigenvalue weighted by Crippen LogP contribution is 2.68. The van der Waals surface area contributed by atoms with Gasteiger partial charge in [0.05, 0.1) is 13.2 Å². The second-order valence-corrected chi connectivity index (χ2v) is 17.2. The molecule has 0 aromatic heterocycles. The molecule has 48 heavy (non-hydrogen) atoms. The van der Waals surface area contributed by atoms with Gasteiger partial charge in [-0.05, 0) is 169 Å². The first kappa shape index (κ1) is 39.5. The molecule has 9 nitrogen and oxygen atoms in total. The number of aliphatic hydroxyl groups excluding tert-OH is 1. The van der Waals surface area contributed by atoms with Crippen molar-refractivity contribution < 1.29 is 19.4 Å². The Morgan fingerprint density at radius 1 is 0.938 bits per heavy atom. The molecule has 0 bridgehead atoms.